The van der Waals surface area contributed by atoms with Crippen molar-refractivity contribution < 1.29 is 0 Å². The molecular formula is C17H22N2. The molecule has 0 fully saturated rings. The Morgan fingerprint density at radius 2 is 1.16 bits per heavy atom. The van der Waals surface area contributed by atoms with Crippen molar-refractivity contribution in [2.24, 2.45) is 0 Å². The summed E-state index contributed by atoms with van der Waals surface area (Å²) in [4.78, 5) is 9.40. The van der Waals surface area contributed by atoms with Crippen molar-refractivity contribution in [1.29, 1.82) is 0 Å². The third-order valence-corrected chi connectivity index (χ3v) is 3.20. The number of aromatic nitrogens is 2. The molecule has 0 bridgehead atoms. The first kappa shape index (κ1) is 13.7. The zero-order valence-electron chi connectivity index (χ0n) is 12.2. The highest BCUT2D eigenvalue weighted by Gasteiger charge is 2.06. The maximum atomic E-state index is 4.70. The molecule has 0 aliphatic rings. The minimum Gasteiger partial charge on any atom is -0.257 e. The van der Waals surface area contributed by atoms with E-state index in [4.69, 9.17) is 9.97 Å². The molecule has 0 atom stereocenters. The van der Waals surface area contributed by atoms with Gasteiger partial charge in [-0.1, -0.05) is 39.8 Å². The molecular weight excluding hydrogens is 232 g/mol. The van der Waals surface area contributed by atoms with E-state index in [9.17, 15) is 0 Å². The average Bonchev–Trinajstić information content (AvgIpc) is 2.39. The minimum absolute atomic E-state index is 0.468. The molecule has 0 spiro atoms. The van der Waals surface area contributed by atoms with Crippen LogP contribution in [0.4, 0.5) is 0 Å². The van der Waals surface area contributed by atoms with E-state index >= 15 is 0 Å². The molecule has 0 saturated carbocycles. The maximum Gasteiger partial charge on any atom is 0.0466 e. The van der Waals surface area contributed by atoms with Crippen LogP contribution in [-0.2, 0) is 6.42 Å². The maximum absolute atomic E-state index is 4.70. The van der Waals surface area contributed by atoms with Crippen LogP contribution in [0, 0.1) is 0 Å². The van der Waals surface area contributed by atoms with Gasteiger partial charge in [-0.3, -0.25) is 9.97 Å². The average molecular weight is 254 g/mol. The second-order valence-electron chi connectivity index (χ2n) is 5.59. The summed E-state index contributed by atoms with van der Waals surface area (Å²) in [6, 6.07) is 12.5. The Balaban J connectivity index is 2.21. The Morgan fingerprint density at radius 1 is 0.737 bits per heavy atom. The summed E-state index contributed by atoms with van der Waals surface area (Å²) in [7, 11) is 0. The summed E-state index contributed by atoms with van der Waals surface area (Å²) >= 11 is 0. The molecule has 0 aliphatic heterocycles. The molecule has 19 heavy (non-hydrogen) atoms. The van der Waals surface area contributed by atoms with Crippen molar-refractivity contribution in [2.45, 2.75) is 46.0 Å². The highest BCUT2D eigenvalue weighted by Crippen LogP contribution is 2.15. The molecule has 0 saturated heterocycles. The van der Waals surface area contributed by atoms with E-state index in [1.54, 1.807) is 0 Å². The highest BCUT2D eigenvalue weighted by atomic mass is 14.8. The second kappa shape index (κ2) is 5.96. The van der Waals surface area contributed by atoms with E-state index in [1.165, 1.54) is 0 Å². The fourth-order valence-corrected chi connectivity index (χ4v) is 2.02. The standard InChI is InChI=1S/C17H22N2/c1-12(2)16-9-5-7-14(18-16)11-15-8-6-10-17(19-15)13(3)4/h5-10,12-13H,11H2,1-4H3. The molecule has 0 N–H and O–H groups in total. The van der Waals surface area contributed by atoms with E-state index in [2.05, 4.69) is 64.1 Å². The van der Waals surface area contributed by atoms with Gasteiger partial charge < -0.3 is 0 Å². The summed E-state index contributed by atoms with van der Waals surface area (Å²) in [6.07, 6.45) is 0.807. The fraction of sp³-hybridized carbons (Fsp3) is 0.412. The number of hydrogen-bond donors (Lipinski definition) is 0. The molecule has 2 heteroatoms. The highest BCUT2D eigenvalue weighted by molar-refractivity contribution is 5.21. The van der Waals surface area contributed by atoms with Crippen molar-refractivity contribution >= 4 is 0 Å². The second-order valence-corrected chi connectivity index (χ2v) is 5.59. The number of nitrogens with zero attached hydrogens (tertiary/aromatic N) is 2. The van der Waals surface area contributed by atoms with Crippen LogP contribution in [0.25, 0.3) is 0 Å². The minimum atomic E-state index is 0.468. The van der Waals surface area contributed by atoms with E-state index < -0.39 is 0 Å². The SMILES string of the molecule is CC(C)c1cccc(Cc2cccc(C(C)C)n2)n1. The van der Waals surface area contributed by atoms with Gasteiger partial charge in [-0.25, -0.2) is 0 Å². The third-order valence-electron chi connectivity index (χ3n) is 3.20. The Hall–Kier alpha value is -1.70. The molecule has 0 aromatic carbocycles. The van der Waals surface area contributed by atoms with E-state index in [0.29, 0.717) is 11.8 Å². The van der Waals surface area contributed by atoms with Gasteiger partial charge in [0.15, 0.2) is 0 Å². The third kappa shape index (κ3) is 3.63. The predicted molar refractivity (Wildman–Crippen MR) is 79.5 cm³/mol. The van der Waals surface area contributed by atoms with Gasteiger partial charge in [0.25, 0.3) is 0 Å². The molecule has 0 aliphatic carbocycles. The van der Waals surface area contributed by atoms with Gasteiger partial charge in [-0.15, -0.1) is 0 Å². The fourth-order valence-electron chi connectivity index (χ4n) is 2.02. The number of hydrogen-bond acceptors (Lipinski definition) is 2. The molecule has 100 valence electrons. The predicted octanol–water partition coefficient (Wildman–Crippen LogP) is 4.31. The molecule has 0 amide bonds. The normalized spacial score (nSPS) is 11.3. The van der Waals surface area contributed by atoms with Crippen LogP contribution in [0.15, 0.2) is 36.4 Å². The molecule has 2 nitrogen and oxygen atoms in total. The summed E-state index contributed by atoms with van der Waals surface area (Å²) in [5, 5.41) is 0. The first-order valence-electron chi connectivity index (χ1n) is 6.98. The molecule has 2 aromatic rings. The van der Waals surface area contributed by atoms with Crippen LogP contribution in [-0.4, -0.2) is 9.97 Å². The van der Waals surface area contributed by atoms with Gasteiger partial charge >= 0.3 is 0 Å². The Morgan fingerprint density at radius 3 is 1.53 bits per heavy atom. The van der Waals surface area contributed by atoms with Gasteiger partial charge in [-0.05, 0) is 36.1 Å². The van der Waals surface area contributed by atoms with Crippen LogP contribution in [0.3, 0.4) is 0 Å². The van der Waals surface area contributed by atoms with Gasteiger partial charge in [0, 0.05) is 29.2 Å². The largest absolute Gasteiger partial charge is 0.257 e. The molecule has 2 aromatic heterocycles. The smallest absolute Gasteiger partial charge is 0.0466 e. The van der Waals surface area contributed by atoms with Crippen molar-refractivity contribution in [2.75, 3.05) is 0 Å². The van der Waals surface area contributed by atoms with Crippen LogP contribution in [0.5, 0.6) is 0 Å². The lowest BCUT2D eigenvalue weighted by atomic mass is 10.1. The Labute approximate surface area is 115 Å². The Bertz CT molecular complexity index is 495. The van der Waals surface area contributed by atoms with Gasteiger partial charge in [-0.2, -0.15) is 0 Å². The molecule has 0 radical (unpaired) electrons. The van der Waals surface area contributed by atoms with E-state index in [1.807, 2.05) is 0 Å². The molecule has 2 heterocycles. The summed E-state index contributed by atoms with van der Waals surface area (Å²) in [6.45, 7) is 8.68. The zero-order chi connectivity index (χ0) is 13.8. The lowest BCUT2D eigenvalue weighted by molar-refractivity contribution is 0.794. The van der Waals surface area contributed by atoms with Crippen molar-refractivity contribution in [3.63, 3.8) is 0 Å². The van der Waals surface area contributed by atoms with Gasteiger partial charge in [0.05, 0.1) is 0 Å². The first-order valence-corrected chi connectivity index (χ1v) is 6.98. The molecule has 2 rings (SSSR count). The monoisotopic (exact) mass is 254 g/mol. The summed E-state index contributed by atoms with van der Waals surface area (Å²) in [5.41, 5.74) is 4.49. The summed E-state index contributed by atoms with van der Waals surface area (Å²) < 4.78 is 0. The number of pyridine rings is 2. The van der Waals surface area contributed by atoms with Gasteiger partial charge in [0.2, 0.25) is 0 Å². The van der Waals surface area contributed by atoms with Crippen molar-refractivity contribution in [3.05, 3.63) is 59.2 Å². The summed E-state index contributed by atoms with van der Waals surface area (Å²) in [5.74, 6) is 0.935. The van der Waals surface area contributed by atoms with E-state index in [0.717, 1.165) is 29.2 Å². The van der Waals surface area contributed by atoms with E-state index in [-0.39, 0.29) is 0 Å². The molecule has 0 unspecified atom stereocenters. The van der Waals surface area contributed by atoms with Crippen molar-refractivity contribution in [3.8, 4) is 0 Å². The van der Waals surface area contributed by atoms with Crippen LogP contribution in [0.1, 0.15) is 62.3 Å². The number of rotatable bonds is 4. The van der Waals surface area contributed by atoms with Crippen LogP contribution >= 0.6 is 0 Å². The Kier molecular flexibility index (Phi) is 4.31. The van der Waals surface area contributed by atoms with Crippen molar-refractivity contribution in [1.82, 2.24) is 9.97 Å². The topological polar surface area (TPSA) is 25.8 Å². The lowest BCUT2D eigenvalue weighted by Crippen LogP contribution is -2.01. The quantitative estimate of drug-likeness (QED) is 0.812. The van der Waals surface area contributed by atoms with Crippen LogP contribution < -0.4 is 0 Å². The first-order chi connectivity index (χ1) is 9.06. The van der Waals surface area contributed by atoms with Crippen LogP contribution in [0.2, 0.25) is 0 Å². The lowest BCUT2D eigenvalue weighted by Gasteiger charge is -2.09. The van der Waals surface area contributed by atoms with Gasteiger partial charge in [0.1, 0.15) is 0 Å². The zero-order valence-corrected chi connectivity index (χ0v) is 12.2.